The third-order valence-electron chi connectivity index (χ3n) is 2.09. The SMILES string of the molecule is BrCC(Br)CCCCOc1ccccc1. The van der Waals surface area contributed by atoms with Crippen LogP contribution in [0.15, 0.2) is 30.3 Å². The van der Waals surface area contributed by atoms with E-state index in [0.29, 0.717) is 4.83 Å². The summed E-state index contributed by atoms with van der Waals surface area (Å²) in [7, 11) is 0. The molecule has 0 spiro atoms. The first-order chi connectivity index (χ1) is 7.33. The zero-order chi connectivity index (χ0) is 10.9. The molecule has 1 unspecified atom stereocenters. The van der Waals surface area contributed by atoms with Crippen LogP contribution in [0.3, 0.4) is 0 Å². The first-order valence-corrected chi connectivity index (χ1v) is 7.24. The van der Waals surface area contributed by atoms with E-state index in [1.54, 1.807) is 0 Å². The van der Waals surface area contributed by atoms with Crippen LogP contribution in [0.25, 0.3) is 0 Å². The highest BCUT2D eigenvalue weighted by atomic mass is 79.9. The zero-order valence-electron chi connectivity index (χ0n) is 8.66. The Labute approximate surface area is 108 Å². The van der Waals surface area contributed by atoms with Gasteiger partial charge in [-0.25, -0.2) is 0 Å². The molecule has 0 amide bonds. The molecule has 0 fully saturated rings. The van der Waals surface area contributed by atoms with Crippen molar-refractivity contribution in [2.75, 3.05) is 11.9 Å². The monoisotopic (exact) mass is 334 g/mol. The van der Waals surface area contributed by atoms with E-state index >= 15 is 0 Å². The summed E-state index contributed by atoms with van der Waals surface area (Å²) in [5.41, 5.74) is 0. The predicted octanol–water partition coefficient (Wildman–Crippen LogP) is 4.39. The number of hydrogen-bond donors (Lipinski definition) is 0. The van der Waals surface area contributed by atoms with Crippen LogP contribution >= 0.6 is 31.9 Å². The second-order valence-corrected chi connectivity index (χ2v) is 5.35. The molecule has 0 aromatic heterocycles. The van der Waals surface area contributed by atoms with E-state index in [1.165, 1.54) is 12.8 Å². The zero-order valence-corrected chi connectivity index (χ0v) is 11.8. The van der Waals surface area contributed by atoms with Gasteiger partial charge in [-0.1, -0.05) is 50.1 Å². The Bertz CT molecular complexity index is 251. The minimum Gasteiger partial charge on any atom is -0.494 e. The van der Waals surface area contributed by atoms with Crippen LogP contribution in [0.5, 0.6) is 5.75 Å². The van der Waals surface area contributed by atoms with Crippen LogP contribution in [-0.4, -0.2) is 16.8 Å². The summed E-state index contributed by atoms with van der Waals surface area (Å²) in [6, 6.07) is 9.97. The molecule has 3 heteroatoms. The summed E-state index contributed by atoms with van der Waals surface area (Å²) in [4.78, 5) is 0.592. The molecule has 0 radical (unpaired) electrons. The van der Waals surface area contributed by atoms with Crippen LogP contribution in [0, 0.1) is 0 Å². The average Bonchev–Trinajstić information content (AvgIpc) is 2.29. The quantitative estimate of drug-likeness (QED) is 0.530. The molecule has 0 saturated heterocycles. The van der Waals surface area contributed by atoms with Crippen LogP contribution in [-0.2, 0) is 0 Å². The van der Waals surface area contributed by atoms with Crippen molar-refractivity contribution >= 4 is 31.9 Å². The van der Waals surface area contributed by atoms with Gasteiger partial charge in [0.05, 0.1) is 6.61 Å². The molecule has 1 aromatic carbocycles. The second kappa shape index (κ2) is 8.17. The lowest BCUT2D eigenvalue weighted by Crippen LogP contribution is -2.01. The van der Waals surface area contributed by atoms with Gasteiger partial charge in [-0.3, -0.25) is 0 Å². The van der Waals surface area contributed by atoms with E-state index < -0.39 is 0 Å². The molecule has 0 aliphatic rings. The molecule has 1 rings (SSSR count). The number of hydrogen-bond acceptors (Lipinski definition) is 1. The highest BCUT2D eigenvalue weighted by Gasteiger charge is 2.00. The first-order valence-electron chi connectivity index (χ1n) is 5.21. The van der Waals surface area contributed by atoms with Gasteiger partial charge in [0, 0.05) is 10.2 Å². The topological polar surface area (TPSA) is 9.23 Å². The Morgan fingerprint density at radius 3 is 2.53 bits per heavy atom. The molecule has 1 nitrogen and oxygen atoms in total. The molecule has 0 aliphatic heterocycles. The molecule has 84 valence electrons. The minimum absolute atomic E-state index is 0.592. The Morgan fingerprint density at radius 2 is 1.87 bits per heavy atom. The molecule has 0 heterocycles. The molecular formula is C12H16Br2O. The van der Waals surface area contributed by atoms with E-state index in [4.69, 9.17) is 4.74 Å². The Hall–Kier alpha value is -0.0200. The fraction of sp³-hybridized carbons (Fsp3) is 0.500. The maximum atomic E-state index is 5.59. The van der Waals surface area contributed by atoms with Crippen molar-refractivity contribution in [1.82, 2.24) is 0 Å². The summed E-state index contributed by atoms with van der Waals surface area (Å²) in [6.45, 7) is 0.812. The average molecular weight is 336 g/mol. The van der Waals surface area contributed by atoms with Gasteiger partial charge in [0.2, 0.25) is 0 Å². The van der Waals surface area contributed by atoms with Crippen molar-refractivity contribution in [2.24, 2.45) is 0 Å². The predicted molar refractivity (Wildman–Crippen MR) is 72.3 cm³/mol. The van der Waals surface area contributed by atoms with E-state index in [2.05, 4.69) is 31.9 Å². The van der Waals surface area contributed by atoms with Gasteiger partial charge in [0.15, 0.2) is 0 Å². The fourth-order valence-electron chi connectivity index (χ4n) is 1.25. The van der Waals surface area contributed by atoms with E-state index in [1.807, 2.05) is 30.3 Å². The highest BCUT2D eigenvalue weighted by molar-refractivity contribution is 9.12. The lowest BCUT2D eigenvalue weighted by molar-refractivity contribution is 0.305. The van der Waals surface area contributed by atoms with Crippen molar-refractivity contribution in [2.45, 2.75) is 24.1 Å². The van der Waals surface area contributed by atoms with Crippen LogP contribution in [0.4, 0.5) is 0 Å². The van der Waals surface area contributed by atoms with Crippen molar-refractivity contribution < 1.29 is 4.74 Å². The van der Waals surface area contributed by atoms with E-state index in [-0.39, 0.29) is 0 Å². The van der Waals surface area contributed by atoms with Crippen LogP contribution in [0.2, 0.25) is 0 Å². The number of halogens is 2. The van der Waals surface area contributed by atoms with Crippen molar-refractivity contribution in [3.8, 4) is 5.75 Å². The largest absolute Gasteiger partial charge is 0.494 e. The van der Waals surface area contributed by atoms with Gasteiger partial charge in [0.1, 0.15) is 5.75 Å². The molecule has 0 saturated carbocycles. The molecule has 0 N–H and O–H groups in total. The van der Waals surface area contributed by atoms with Gasteiger partial charge in [-0.2, -0.15) is 0 Å². The number of rotatable bonds is 7. The molecule has 1 atom stereocenters. The Kier molecular flexibility index (Phi) is 7.11. The second-order valence-electron chi connectivity index (χ2n) is 3.41. The third kappa shape index (κ3) is 6.21. The summed E-state index contributed by atoms with van der Waals surface area (Å²) < 4.78 is 5.59. The molecular weight excluding hydrogens is 320 g/mol. The van der Waals surface area contributed by atoms with Gasteiger partial charge >= 0.3 is 0 Å². The maximum absolute atomic E-state index is 5.59. The van der Waals surface area contributed by atoms with Crippen molar-refractivity contribution in [3.05, 3.63) is 30.3 Å². The smallest absolute Gasteiger partial charge is 0.119 e. The number of unbranched alkanes of at least 4 members (excludes halogenated alkanes) is 1. The Morgan fingerprint density at radius 1 is 1.13 bits per heavy atom. The lowest BCUT2D eigenvalue weighted by atomic mass is 10.2. The van der Waals surface area contributed by atoms with Gasteiger partial charge < -0.3 is 4.74 Å². The molecule has 15 heavy (non-hydrogen) atoms. The van der Waals surface area contributed by atoms with Crippen LogP contribution < -0.4 is 4.74 Å². The highest BCUT2D eigenvalue weighted by Crippen LogP contribution is 2.13. The molecule has 0 aliphatic carbocycles. The van der Waals surface area contributed by atoms with Gasteiger partial charge in [-0.15, -0.1) is 0 Å². The third-order valence-corrected chi connectivity index (χ3v) is 4.52. The molecule has 1 aromatic rings. The van der Waals surface area contributed by atoms with Crippen molar-refractivity contribution in [1.29, 1.82) is 0 Å². The first kappa shape index (κ1) is 13.0. The van der Waals surface area contributed by atoms with Crippen molar-refractivity contribution in [3.63, 3.8) is 0 Å². The number of ether oxygens (including phenoxy) is 1. The summed E-state index contributed by atoms with van der Waals surface area (Å²) in [5.74, 6) is 0.966. The van der Waals surface area contributed by atoms with E-state index in [0.717, 1.165) is 24.1 Å². The van der Waals surface area contributed by atoms with Gasteiger partial charge in [-0.05, 0) is 31.4 Å². The lowest BCUT2D eigenvalue weighted by Gasteiger charge is -2.07. The summed E-state index contributed by atoms with van der Waals surface area (Å²) in [6.07, 6.45) is 3.52. The van der Waals surface area contributed by atoms with Crippen LogP contribution in [0.1, 0.15) is 19.3 Å². The normalized spacial score (nSPS) is 12.4. The summed E-state index contributed by atoms with van der Waals surface area (Å²) in [5, 5.41) is 1.02. The molecule has 0 bridgehead atoms. The maximum Gasteiger partial charge on any atom is 0.119 e. The number of para-hydroxylation sites is 1. The minimum atomic E-state index is 0.592. The van der Waals surface area contributed by atoms with E-state index in [9.17, 15) is 0 Å². The fourth-order valence-corrected chi connectivity index (χ4v) is 1.90. The summed E-state index contributed by atoms with van der Waals surface area (Å²) >= 11 is 7.03. The van der Waals surface area contributed by atoms with Gasteiger partial charge in [0.25, 0.3) is 0 Å². The Balaban J connectivity index is 2.03. The standard InChI is InChI=1S/C12H16Br2O/c13-10-11(14)6-4-5-9-15-12-7-2-1-3-8-12/h1-3,7-8,11H,4-6,9-10H2. The number of benzene rings is 1. The number of alkyl halides is 2.